The fourth-order valence-corrected chi connectivity index (χ4v) is 2.09. The molecule has 0 saturated carbocycles. The van der Waals surface area contributed by atoms with Crippen LogP contribution in [0.2, 0.25) is 0 Å². The van der Waals surface area contributed by atoms with E-state index in [0.29, 0.717) is 0 Å². The van der Waals surface area contributed by atoms with Gasteiger partial charge in [-0.1, -0.05) is 38.8 Å². The maximum atomic E-state index is 12.3. The van der Waals surface area contributed by atoms with Gasteiger partial charge in [0.05, 0.1) is 0 Å². The molecule has 0 aromatic heterocycles. The van der Waals surface area contributed by atoms with E-state index < -0.39 is 0 Å². The summed E-state index contributed by atoms with van der Waals surface area (Å²) in [7, 11) is 0. The molecule has 1 unspecified atom stereocenters. The van der Waals surface area contributed by atoms with Crippen molar-refractivity contribution in [3.63, 3.8) is 0 Å². The van der Waals surface area contributed by atoms with Gasteiger partial charge in [-0.05, 0) is 37.5 Å². The fourth-order valence-electron chi connectivity index (χ4n) is 2.09. The Hall–Kier alpha value is -1.55. The normalized spacial score (nSPS) is 12.0. The van der Waals surface area contributed by atoms with Gasteiger partial charge in [-0.15, -0.1) is 0 Å². The first-order valence-corrected chi connectivity index (χ1v) is 8.00. The molecule has 0 aliphatic heterocycles. The Morgan fingerprint density at radius 3 is 2.10 bits per heavy atom. The average molecular weight is 291 g/mol. The third kappa shape index (κ3) is 6.17. The number of nitrogens with one attached hydrogen (secondary N) is 1. The number of nitrogens with two attached hydrogens (primary N) is 1. The van der Waals surface area contributed by atoms with E-state index in [2.05, 4.69) is 19.2 Å². The molecule has 118 valence electrons. The van der Waals surface area contributed by atoms with E-state index in [4.69, 9.17) is 5.73 Å². The summed E-state index contributed by atoms with van der Waals surface area (Å²) in [5, 5.41) is 2.97. The van der Waals surface area contributed by atoms with Crippen molar-refractivity contribution < 1.29 is 4.79 Å². The minimum absolute atomic E-state index is 0.00885. The standard InChI is InChI=1S/C17H29N3O/c1-4-6-12-20(13-7-5-2)17(21)19-16-10-8-15(9-11-16)14(3)18/h8-11,14H,4-7,12-13,18H2,1-3H3,(H,19,21). The van der Waals surface area contributed by atoms with Crippen LogP contribution >= 0.6 is 0 Å². The molecule has 0 heterocycles. The van der Waals surface area contributed by atoms with Crippen LogP contribution in [-0.4, -0.2) is 24.0 Å². The van der Waals surface area contributed by atoms with Crippen LogP contribution in [0.5, 0.6) is 0 Å². The number of nitrogens with zero attached hydrogens (tertiary/aromatic N) is 1. The fraction of sp³-hybridized carbons (Fsp3) is 0.588. The lowest BCUT2D eigenvalue weighted by Gasteiger charge is -2.23. The van der Waals surface area contributed by atoms with E-state index >= 15 is 0 Å². The van der Waals surface area contributed by atoms with Crippen LogP contribution in [-0.2, 0) is 0 Å². The summed E-state index contributed by atoms with van der Waals surface area (Å²) < 4.78 is 0. The minimum Gasteiger partial charge on any atom is -0.325 e. The number of carbonyl (C=O) groups excluding carboxylic acids is 1. The number of rotatable bonds is 8. The third-order valence-electron chi connectivity index (χ3n) is 3.54. The molecule has 0 saturated heterocycles. The number of urea groups is 1. The summed E-state index contributed by atoms with van der Waals surface area (Å²) in [5.41, 5.74) is 7.72. The predicted octanol–water partition coefficient (Wildman–Crippen LogP) is 4.14. The van der Waals surface area contributed by atoms with Gasteiger partial charge in [-0.2, -0.15) is 0 Å². The second-order valence-corrected chi connectivity index (χ2v) is 5.53. The molecule has 1 rings (SSSR count). The van der Waals surface area contributed by atoms with Crippen LogP contribution in [0.25, 0.3) is 0 Å². The molecule has 4 heteroatoms. The molecule has 2 amide bonds. The lowest BCUT2D eigenvalue weighted by Crippen LogP contribution is -2.36. The number of amides is 2. The average Bonchev–Trinajstić information content (AvgIpc) is 2.47. The molecule has 3 N–H and O–H groups in total. The second kappa shape index (κ2) is 9.40. The van der Waals surface area contributed by atoms with Crippen molar-refractivity contribution in [1.82, 2.24) is 4.90 Å². The van der Waals surface area contributed by atoms with Gasteiger partial charge in [0, 0.05) is 24.8 Å². The molecule has 4 nitrogen and oxygen atoms in total. The van der Waals surface area contributed by atoms with Gasteiger partial charge in [0.15, 0.2) is 0 Å². The van der Waals surface area contributed by atoms with Gasteiger partial charge < -0.3 is 16.0 Å². The topological polar surface area (TPSA) is 58.4 Å². The van der Waals surface area contributed by atoms with Crippen molar-refractivity contribution in [2.75, 3.05) is 18.4 Å². The molecular formula is C17H29N3O. The highest BCUT2D eigenvalue weighted by Gasteiger charge is 2.12. The molecule has 0 aliphatic carbocycles. The Morgan fingerprint density at radius 1 is 1.14 bits per heavy atom. The largest absolute Gasteiger partial charge is 0.325 e. The second-order valence-electron chi connectivity index (χ2n) is 5.53. The van der Waals surface area contributed by atoms with Crippen molar-refractivity contribution in [3.8, 4) is 0 Å². The van der Waals surface area contributed by atoms with Gasteiger partial charge in [0.1, 0.15) is 0 Å². The highest BCUT2D eigenvalue weighted by Crippen LogP contribution is 2.15. The zero-order chi connectivity index (χ0) is 15.7. The van der Waals surface area contributed by atoms with E-state index in [9.17, 15) is 4.79 Å². The summed E-state index contributed by atoms with van der Waals surface area (Å²) in [6, 6.07) is 7.75. The summed E-state index contributed by atoms with van der Waals surface area (Å²) in [6.07, 6.45) is 4.28. The Kier molecular flexibility index (Phi) is 7.83. The zero-order valence-electron chi connectivity index (χ0n) is 13.6. The van der Waals surface area contributed by atoms with Crippen LogP contribution in [0.1, 0.15) is 58.1 Å². The van der Waals surface area contributed by atoms with Gasteiger partial charge in [0.2, 0.25) is 0 Å². The number of carbonyl (C=O) groups is 1. The summed E-state index contributed by atoms with van der Waals surface area (Å²) >= 11 is 0. The van der Waals surface area contributed by atoms with Gasteiger partial charge in [-0.25, -0.2) is 4.79 Å². The van der Waals surface area contributed by atoms with E-state index in [1.807, 2.05) is 36.1 Å². The van der Waals surface area contributed by atoms with Crippen molar-refractivity contribution in [1.29, 1.82) is 0 Å². The van der Waals surface area contributed by atoms with Crippen LogP contribution in [0.15, 0.2) is 24.3 Å². The Morgan fingerprint density at radius 2 is 1.67 bits per heavy atom. The zero-order valence-corrected chi connectivity index (χ0v) is 13.6. The minimum atomic E-state index is -0.00885. The maximum Gasteiger partial charge on any atom is 0.321 e. The SMILES string of the molecule is CCCCN(CCCC)C(=O)Nc1ccc(C(C)N)cc1. The maximum absolute atomic E-state index is 12.3. The molecule has 0 bridgehead atoms. The molecule has 0 radical (unpaired) electrons. The van der Waals surface area contributed by atoms with Crippen molar-refractivity contribution in [3.05, 3.63) is 29.8 Å². The first kappa shape index (κ1) is 17.5. The Balaban J connectivity index is 2.62. The predicted molar refractivity (Wildman–Crippen MR) is 89.5 cm³/mol. The molecule has 21 heavy (non-hydrogen) atoms. The van der Waals surface area contributed by atoms with Crippen LogP contribution in [0.3, 0.4) is 0 Å². The third-order valence-corrected chi connectivity index (χ3v) is 3.54. The number of hydrogen-bond donors (Lipinski definition) is 2. The Labute approximate surface area is 128 Å². The lowest BCUT2D eigenvalue weighted by atomic mass is 10.1. The van der Waals surface area contributed by atoms with Crippen LogP contribution in [0.4, 0.5) is 10.5 Å². The van der Waals surface area contributed by atoms with Gasteiger partial charge in [0.25, 0.3) is 0 Å². The first-order valence-electron chi connectivity index (χ1n) is 8.00. The highest BCUT2D eigenvalue weighted by atomic mass is 16.2. The van der Waals surface area contributed by atoms with Crippen molar-refractivity contribution in [2.24, 2.45) is 5.73 Å². The number of unbranched alkanes of at least 4 members (excludes halogenated alkanes) is 2. The Bertz CT molecular complexity index is 407. The molecular weight excluding hydrogens is 262 g/mol. The number of anilines is 1. The molecule has 0 spiro atoms. The summed E-state index contributed by atoms with van der Waals surface area (Å²) in [6.45, 7) is 7.87. The molecule has 1 aromatic rings. The lowest BCUT2D eigenvalue weighted by molar-refractivity contribution is 0.210. The molecule has 0 aliphatic rings. The number of hydrogen-bond acceptors (Lipinski definition) is 2. The van der Waals surface area contributed by atoms with Crippen molar-refractivity contribution >= 4 is 11.7 Å². The molecule has 1 aromatic carbocycles. The first-order chi connectivity index (χ1) is 10.1. The smallest absolute Gasteiger partial charge is 0.321 e. The summed E-state index contributed by atoms with van der Waals surface area (Å²) in [5.74, 6) is 0. The number of benzene rings is 1. The van der Waals surface area contributed by atoms with E-state index in [1.54, 1.807) is 0 Å². The molecule has 0 fully saturated rings. The van der Waals surface area contributed by atoms with Gasteiger partial charge >= 0.3 is 6.03 Å². The summed E-state index contributed by atoms with van der Waals surface area (Å²) in [4.78, 5) is 14.2. The van der Waals surface area contributed by atoms with Crippen molar-refractivity contribution in [2.45, 2.75) is 52.5 Å². The van der Waals surface area contributed by atoms with Crippen LogP contribution < -0.4 is 11.1 Å². The van der Waals surface area contributed by atoms with Crippen LogP contribution in [0, 0.1) is 0 Å². The monoisotopic (exact) mass is 291 g/mol. The van der Waals surface area contributed by atoms with E-state index in [1.165, 1.54) is 0 Å². The van der Waals surface area contributed by atoms with E-state index in [-0.39, 0.29) is 12.1 Å². The quantitative estimate of drug-likeness (QED) is 0.756. The van der Waals surface area contributed by atoms with E-state index in [0.717, 1.165) is 50.0 Å². The molecule has 1 atom stereocenters. The highest BCUT2D eigenvalue weighted by molar-refractivity contribution is 5.89. The van der Waals surface area contributed by atoms with Gasteiger partial charge in [-0.3, -0.25) is 0 Å².